The van der Waals surface area contributed by atoms with E-state index in [1.807, 2.05) is 24.3 Å². The van der Waals surface area contributed by atoms with Crippen molar-refractivity contribution in [2.24, 2.45) is 0 Å². The van der Waals surface area contributed by atoms with Crippen LogP contribution in [0.1, 0.15) is 89.2 Å². The molecule has 2 aromatic carbocycles. The first kappa shape index (κ1) is 29.4. The van der Waals surface area contributed by atoms with Gasteiger partial charge in [-0.25, -0.2) is 14.4 Å². The van der Waals surface area contributed by atoms with E-state index in [2.05, 4.69) is 34.9 Å². The Kier molecular flexibility index (Phi) is 10.1. The fourth-order valence-electron chi connectivity index (χ4n) is 5.44. The van der Waals surface area contributed by atoms with Gasteiger partial charge in [0.2, 0.25) is 0 Å². The summed E-state index contributed by atoms with van der Waals surface area (Å²) in [5, 5.41) is 5.49. The predicted octanol–water partition coefficient (Wildman–Crippen LogP) is 6.46. The van der Waals surface area contributed by atoms with Gasteiger partial charge in [-0.2, -0.15) is 0 Å². The Morgan fingerprint density at radius 1 is 0.875 bits per heavy atom. The topological polar surface area (TPSA) is 103 Å². The van der Waals surface area contributed by atoms with Crippen LogP contribution in [-0.4, -0.2) is 49.1 Å². The number of alkyl carbamates (subject to hydrolysis) is 2. The second-order valence-corrected chi connectivity index (χ2v) is 11.6. The maximum Gasteiger partial charge on any atom is 0.408 e. The third kappa shape index (κ3) is 8.23. The first-order chi connectivity index (χ1) is 19.2. The molecule has 2 amide bonds. The van der Waals surface area contributed by atoms with Gasteiger partial charge in [0.15, 0.2) is 0 Å². The van der Waals surface area contributed by atoms with E-state index in [4.69, 9.17) is 14.2 Å². The summed E-state index contributed by atoms with van der Waals surface area (Å²) in [7, 11) is 0. The lowest BCUT2D eigenvalue weighted by Gasteiger charge is -2.26. The number of unbranched alkanes of at least 4 members (excludes halogenated alkanes) is 1. The van der Waals surface area contributed by atoms with E-state index in [9.17, 15) is 14.4 Å². The molecular formula is C32H42N2O6. The van der Waals surface area contributed by atoms with Gasteiger partial charge >= 0.3 is 18.2 Å². The van der Waals surface area contributed by atoms with Gasteiger partial charge in [-0.05, 0) is 88.0 Å². The van der Waals surface area contributed by atoms with Crippen LogP contribution in [0.5, 0.6) is 0 Å². The third-order valence-corrected chi connectivity index (χ3v) is 7.34. The van der Waals surface area contributed by atoms with Gasteiger partial charge in [0.1, 0.15) is 24.4 Å². The van der Waals surface area contributed by atoms with Gasteiger partial charge in [0, 0.05) is 12.5 Å². The van der Waals surface area contributed by atoms with Crippen LogP contribution in [0.15, 0.2) is 48.5 Å². The lowest BCUT2D eigenvalue weighted by molar-refractivity contribution is -0.153. The summed E-state index contributed by atoms with van der Waals surface area (Å²) in [4.78, 5) is 37.7. The van der Waals surface area contributed by atoms with E-state index in [-0.39, 0.29) is 18.6 Å². The normalized spacial score (nSPS) is 15.9. The zero-order chi connectivity index (χ0) is 28.5. The Hall–Kier alpha value is -3.55. The van der Waals surface area contributed by atoms with Crippen LogP contribution in [0.4, 0.5) is 9.59 Å². The molecule has 216 valence electrons. The molecule has 1 fully saturated rings. The van der Waals surface area contributed by atoms with Crippen molar-refractivity contribution in [3.8, 4) is 11.1 Å². The van der Waals surface area contributed by atoms with Crippen LogP contribution in [-0.2, 0) is 19.0 Å². The number of nitrogens with one attached hydrogen (secondary N) is 2. The number of esters is 1. The molecule has 0 saturated heterocycles. The number of rotatable bonds is 10. The van der Waals surface area contributed by atoms with Gasteiger partial charge in [0.05, 0.1) is 0 Å². The van der Waals surface area contributed by atoms with Gasteiger partial charge in [0.25, 0.3) is 0 Å². The Morgan fingerprint density at radius 2 is 1.50 bits per heavy atom. The first-order valence-electron chi connectivity index (χ1n) is 14.5. The number of carbonyl (C=O) groups is 3. The molecule has 2 aliphatic carbocycles. The number of ether oxygens (including phenoxy) is 3. The van der Waals surface area contributed by atoms with E-state index in [1.54, 1.807) is 20.8 Å². The number of amides is 2. The molecule has 0 aliphatic heterocycles. The molecule has 0 bridgehead atoms. The Balaban J connectivity index is 1.22. The van der Waals surface area contributed by atoms with Crippen LogP contribution in [0, 0.1) is 0 Å². The largest absolute Gasteiger partial charge is 0.461 e. The zero-order valence-electron chi connectivity index (χ0n) is 23.9. The molecule has 8 nitrogen and oxygen atoms in total. The van der Waals surface area contributed by atoms with Gasteiger partial charge in [-0.1, -0.05) is 55.0 Å². The van der Waals surface area contributed by atoms with Crippen molar-refractivity contribution in [3.63, 3.8) is 0 Å². The minimum atomic E-state index is -0.800. The summed E-state index contributed by atoms with van der Waals surface area (Å²) >= 11 is 0. The minimum Gasteiger partial charge on any atom is -0.461 e. The fourth-order valence-corrected chi connectivity index (χ4v) is 5.44. The molecule has 0 unspecified atom stereocenters. The smallest absolute Gasteiger partial charge is 0.408 e. The van der Waals surface area contributed by atoms with Crippen molar-refractivity contribution < 1.29 is 28.6 Å². The number of hydrogen-bond donors (Lipinski definition) is 2. The van der Waals surface area contributed by atoms with Gasteiger partial charge < -0.3 is 24.8 Å². The minimum absolute atomic E-state index is 0.00742. The summed E-state index contributed by atoms with van der Waals surface area (Å²) in [5.74, 6) is -0.421. The quantitative estimate of drug-likeness (QED) is 0.200. The summed E-state index contributed by atoms with van der Waals surface area (Å²) < 4.78 is 16.7. The van der Waals surface area contributed by atoms with Crippen molar-refractivity contribution in [2.75, 3.05) is 13.2 Å². The molecule has 1 saturated carbocycles. The summed E-state index contributed by atoms with van der Waals surface area (Å²) in [6, 6.07) is 15.6. The molecule has 8 heteroatoms. The number of carbonyl (C=O) groups excluding carboxylic acids is 3. The van der Waals surface area contributed by atoms with Crippen LogP contribution < -0.4 is 10.6 Å². The molecule has 40 heavy (non-hydrogen) atoms. The maximum atomic E-state index is 12.9. The van der Waals surface area contributed by atoms with Gasteiger partial charge in [-0.3, -0.25) is 0 Å². The fraction of sp³-hybridized carbons (Fsp3) is 0.531. The van der Waals surface area contributed by atoms with Crippen molar-refractivity contribution >= 4 is 18.2 Å². The monoisotopic (exact) mass is 550 g/mol. The van der Waals surface area contributed by atoms with E-state index in [0.29, 0.717) is 25.8 Å². The van der Waals surface area contributed by atoms with Crippen LogP contribution in [0.2, 0.25) is 0 Å². The van der Waals surface area contributed by atoms with Crippen LogP contribution >= 0.6 is 0 Å². The molecule has 1 atom stereocenters. The molecule has 4 rings (SSSR count). The maximum absolute atomic E-state index is 12.9. The summed E-state index contributed by atoms with van der Waals surface area (Å²) in [5.41, 5.74) is 4.03. The van der Waals surface area contributed by atoms with Crippen LogP contribution in [0.3, 0.4) is 0 Å². The van der Waals surface area contributed by atoms with Crippen molar-refractivity contribution in [1.82, 2.24) is 10.6 Å². The Labute approximate surface area is 237 Å². The average Bonchev–Trinajstić information content (AvgIpc) is 3.24. The highest BCUT2D eigenvalue weighted by molar-refractivity contribution is 5.81. The Morgan fingerprint density at radius 3 is 2.12 bits per heavy atom. The van der Waals surface area contributed by atoms with E-state index in [0.717, 1.165) is 32.1 Å². The predicted molar refractivity (Wildman–Crippen MR) is 153 cm³/mol. The molecule has 2 aromatic rings. The first-order valence-corrected chi connectivity index (χ1v) is 14.5. The SMILES string of the molecule is CC(C)(C)OC(=O)N[C@@H](CCCCNC(=O)OCC1c2ccccc2-c2ccccc21)C(=O)OC1CCCCC1. The van der Waals surface area contributed by atoms with Crippen molar-refractivity contribution in [1.29, 1.82) is 0 Å². The zero-order valence-corrected chi connectivity index (χ0v) is 23.9. The highest BCUT2D eigenvalue weighted by Crippen LogP contribution is 2.44. The molecule has 0 heterocycles. The van der Waals surface area contributed by atoms with E-state index >= 15 is 0 Å². The number of benzene rings is 2. The summed E-state index contributed by atoms with van der Waals surface area (Å²) in [6.45, 7) is 5.98. The molecular weight excluding hydrogens is 508 g/mol. The average molecular weight is 551 g/mol. The second kappa shape index (κ2) is 13.7. The molecule has 0 spiro atoms. The Bertz CT molecular complexity index is 1120. The highest BCUT2D eigenvalue weighted by Gasteiger charge is 2.30. The second-order valence-electron chi connectivity index (χ2n) is 11.6. The number of hydrogen-bond acceptors (Lipinski definition) is 6. The van der Waals surface area contributed by atoms with Crippen LogP contribution in [0.25, 0.3) is 11.1 Å². The highest BCUT2D eigenvalue weighted by atomic mass is 16.6. The lowest BCUT2D eigenvalue weighted by Crippen LogP contribution is -2.45. The van der Waals surface area contributed by atoms with Crippen molar-refractivity contribution in [3.05, 3.63) is 59.7 Å². The lowest BCUT2D eigenvalue weighted by atomic mass is 9.97. The standard InChI is InChI=1S/C32H42N2O6/c1-32(2,3)40-31(37)34-28(29(35)39-22-13-5-4-6-14-22)19-11-12-20-33-30(36)38-21-27-25-17-9-7-15-23(25)24-16-8-10-18-26(24)27/h7-10,15-18,22,27-28H,4-6,11-14,19-21H2,1-3H3,(H,33,36)(H,34,37)/t28-/m0/s1. The third-order valence-electron chi connectivity index (χ3n) is 7.34. The van der Waals surface area contributed by atoms with Crippen molar-refractivity contribution in [2.45, 2.75) is 95.8 Å². The molecule has 2 N–H and O–H groups in total. The number of fused-ring (bicyclic) bond motifs is 3. The van der Waals surface area contributed by atoms with E-state index in [1.165, 1.54) is 22.3 Å². The molecule has 0 radical (unpaired) electrons. The molecule has 2 aliphatic rings. The summed E-state index contributed by atoms with van der Waals surface area (Å²) in [6.07, 6.45) is 5.35. The van der Waals surface area contributed by atoms with Gasteiger partial charge in [-0.15, -0.1) is 0 Å². The van der Waals surface area contributed by atoms with E-state index < -0.39 is 29.8 Å². The molecule has 0 aromatic heterocycles.